The standard InChI is InChI=1S/C21H22N4S/c1-3-24-14-6-8-18(24)20-19(17-7-4-5-13-22-17)23-21(26)25(20)16-11-9-15(2)10-12-16/h4-14,19-20H,3H2,1-2H3,(H,23,26)/t19-,20+/m0/s1. The molecule has 2 aromatic heterocycles. The van der Waals surface area contributed by atoms with E-state index in [0.29, 0.717) is 0 Å². The summed E-state index contributed by atoms with van der Waals surface area (Å²) in [5.74, 6) is 0. The van der Waals surface area contributed by atoms with Gasteiger partial charge < -0.3 is 14.8 Å². The highest BCUT2D eigenvalue weighted by molar-refractivity contribution is 7.80. The summed E-state index contributed by atoms with van der Waals surface area (Å²) in [5, 5.41) is 4.24. The van der Waals surface area contributed by atoms with E-state index in [1.807, 2.05) is 18.3 Å². The summed E-state index contributed by atoms with van der Waals surface area (Å²) in [4.78, 5) is 6.81. The summed E-state index contributed by atoms with van der Waals surface area (Å²) in [7, 11) is 0. The fourth-order valence-electron chi connectivity index (χ4n) is 3.62. The normalized spacial score (nSPS) is 19.6. The molecular formula is C21H22N4S. The first-order valence-electron chi connectivity index (χ1n) is 8.91. The number of benzene rings is 1. The smallest absolute Gasteiger partial charge is 0.174 e. The third kappa shape index (κ3) is 2.88. The summed E-state index contributed by atoms with van der Waals surface area (Å²) >= 11 is 5.74. The Labute approximate surface area is 159 Å². The fraction of sp³-hybridized carbons (Fsp3) is 0.238. The summed E-state index contributed by atoms with van der Waals surface area (Å²) in [6, 6.07) is 18.9. The van der Waals surface area contributed by atoms with Crippen molar-refractivity contribution in [1.29, 1.82) is 0 Å². The Morgan fingerprint density at radius 3 is 2.58 bits per heavy atom. The van der Waals surface area contributed by atoms with E-state index in [2.05, 4.69) is 82.3 Å². The Bertz CT molecular complexity index is 901. The third-order valence-electron chi connectivity index (χ3n) is 4.92. The van der Waals surface area contributed by atoms with Gasteiger partial charge >= 0.3 is 0 Å². The van der Waals surface area contributed by atoms with Gasteiger partial charge in [0.2, 0.25) is 0 Å². The quantitative estimate of drug-likeness (QED) is 0.698. The highest BCUT2D eigenvalue weighted by Gasteiger charge is 2.41. The first-order valence-corrected chi connectivity index (χ1v) is 9.32. The van der Waals surface area contributed by atoms with E-state index in [0.717, 1.165) is 23.0 Å². The number of aryl methyl sites for hydroxylation is 2. The zero-order chi connectivity index (χ0) is 18.1. The van der Waals surface area contributed by atoms with Gasteiger partial charge in [0.05, 0.1) is 11.7 Å². The maximum absolute atomic E-state index is 5.74. The zero-order valence-corrected chi connectivity index (χ0v) is 15.8. The predicted molar refractivity (Wildman–Crippen MR) is 109 cm³/mol. The van der Waals surface area contributed by atoms with Crippen LogP contribution in [0.4, 0.5) is 5.69 Å². The van der Waals surface area contributed by atoms with Gasteiger partial charge in [-0.25, -0.2) is 0 Å². The van der Waals surface area contributed by atoms with Crippen LogP contribution in [0.1, 0.15) is 36.0 Å². The summed E-state index contributed by atoms with van der Waals surface area (Å²) in [5.41, 5.74) is 4.57. The number of thiocarbonyl (C=S) groups is 1. The average Bonchev–Trinajstić information content (AvgIpc) is 3.27. The van der Waals surface area contributed by atoms with Crippen molar-refractivity contribution in [3.8, 4) is 0 Å². The lowest BCUT2D eigenvalue weighted by atomic mass is 10.0. The molecule has 0 bridgehead atoms. The monoisotopic (exact) mass is 362 g/mol. The molecule has 1 aliphatic heterocycles. The number of hydrogen-bond donors (Lipinski definition) is 1. The van der Waals surface area contributed by atoms with Gasteiger partial charge in [0, 0.05) is 30.3 Å². The number of rotatable bonds is 4. The molecule has 26 heavy (non-hydrogen) atoms. The average molecular weight is 363 g/mol. The minimum absolute atomic E-state index is 0.00482. The Morgan fingerprint density at radius 2 is 1.88 bits per heavy atom. The molecule has 3 aromatic rings. The van der Waals surface area contributed by atoms with Crippen molar-refractivity contribution in [3.63, 3.8) is 0 Å². The minimum atomic E-state index is 0.00482. The zero-order valence-electron chi connectivity index (χ0n) is 15.0. The largest absolute Gasteiger partial charge is 0.351 e. The Kier molecular flexibility index (Phi) is 4.47. The van der Waals surface area contributed by atoms with E-state index in [9.17, 15) is 0 Å². The van der Waals surface area contributed by atoms with Crippen molar-refractivity contribution in [2.45, 2.75) is 32.5 Å². The maximum Gasteiger partial charge on any atom is 0.174 e. The molecule has 0 radical (unpaired) electrons. The maximum atomic E-state index is 5.74. The van der Waals surface area contributed by atoms with Gasteiger partial charge in [-0.3, -0.25) is 4.98 Å². The van der Waals surface area contributed by atoms with Gasteiger partial charge in [-0.1, -0.05) is 23.8 Å². The van der Waals surface area contributed by atoms with E-state index < -0.39 is 0 Å². The molecular weight excluding hydrogens is 340 g/mol. The second kappa shape index (κ2) is 6.92. The molecule has 1 fully saturated rings. The lowest BCUT2D eigenvalue weighted by Crippen LogP contribution is -2.30. The van der Waals surface area contributed by atoms with E-state index in [1.165, 1.54) is 11.3 Å². The molecule has 4 nitrogen and oxygen atoms in total. The first-order chi connectivity index (χ1) is 12.7. The van der Waals surface area contributed by atoms with Crippen LogP contribution in [0.2, 0.25) is 0 Å². The SMILES string of the molecule is CCn1cccc1[C@@H]1[C@H](c2ccccn2)NC(=S)N1c1ccc(C)cc1. The number of hydrogen-bond acceptors (Lipinski definition) is 2. The number of aromatic nitrogens is 2. The summed E-state index contributed by atoms with van der Waals surface area (Å²) in [6.45, 7) is 5.18. The van der Waals surface area contributed by atoms with Crippen molar-refractivity contribution in [1.82, 2.24) is 14.9 Å². The second-order valence-corrected chi connectivity index (χ2v) is 6.94. The van der Waals surface area contributed by atoms with E-state index in [4.69, 9.17) is 12.2 Å². The molecule has 1 aliphatic rings. The van der Waals surface area contributed by atoms with Crippen molar-refractivity contribution < 1.29 is 0 Å². The fourth-order valence-corrected chi connectivity index (χ4v) is 3.97. The van der Waals surface area contributed by atoms with Crippen LogP contribution in [0, 0.1) is 6.92 Å². The summed E-state index contributed by atoms with van der Waals surface area (Å²) < 4.78 is 2.28. The van der Waals surface area contributed by atoms with E-state index >= 15 is 0 Å². The van der Waals surface area contributed by atoms with Crippen LogP contribution in [0.3, 0.4) is 0 Å². The molecule has 0 saturated carbocycles. The van der Waals surface area contributed by atoms with Gasteiger partial charge in [-0.15, -0.1) is 0 Å². The first kappa shape index (κ1) is 16.8. The number of nitrogens with one attached hydrogen (secondary N) is 1. The van der Waals surface area contributed by atoms with Crippen LogP contribution in [-0.2, 0) is 6.54 Å². The van der Waals surface area contributed by atoms with Crippen molar-refractivity contribution >= 4 is 23.0 Å². The molecule has 0 amide bonds. The van der Waals surface area contributed by atoms with Gasteiger partial charge in [0.1, 0.15) is 6.04 Å². The predicted octanol–water partition coefficient (Wildman–Crippen LogP) is 4.39. The highest BCUT2D eigenvalue weighted by Crippen LogP contribution is 2.41. The number of nitrogens with zero attached hydrogens (tertiary/aromatic N) is 3. The molecule has 3 heterocycles. The topological polar surface area (TPSA) is 33.1 Å². The van der Waals surface area contributed by atoms with Gasteiger partial charge in [-0.05, 0) is 62.5 Å². The Morgan fingerprint density at radius 1 is 1.08 bits per heavy atom. The van der Waals surface area contributed by atoms with Crippen LogP contribution in [-0.4, -0.2) is 14.7 Å². The van der Waals surface area contributed by atoms with Crippen molar-refractivity contribution in [2.75, 3.05) is 4.90 Å². The van der Waals surface area contributed by atoms with Gasteiger partial charge in [0.15, 0.2) is 5.11 Å². The molecule has 5 heteroatoms. The van der Waals surface area contributed by atoms with Crippen molar-refractivity contribution in [3.05, 3.63) is 83.9 Å². The van der Waals surface area contributed by atoms with E-state index in [-0.39, 0.29) is 12.1 Å². The number of anilines is 1. The molecule has 0 spiro atoms. The third-order valence-corrected chi connectivity index (χ3v) is 5.23. The van der Waals surface area contributed by atoms with Gasteiger partial charge in [0.25, 0.3) is 0 Å². The molecule has 0 aliphatic carbocycles. The van der Waals surface area contributed by atoms with E-state index in [1.54, 1.807) is 0 Å². The highest BCUT2D eigenvalue weighted by atomic mass is 32.1. The van der Waals surface area contributed by atoms with Crippen LogP contribution >= 0.6 is 12.2 Å². The Hall–Kier alpha value is -2.66. The van der Waals surface area contributed by atoms with Gasteiger partial charge in [-0.2, -0.15) is 0 Å². The van der Waals surface area contributed by atoms with Crippen LogP contribution in [0.15, 0.2) is 67.0 Å². The second-order valence-electron chi connectivity index (χ2n) is 6.55. The Balaban J connectivity index is 1.84. The molecule has 1 aromatic carbocycles. The minimum Gasteiger partial charge on any atom is -0.351 e. The van der Waals surface area contributed by atoms with Crippen molar-refractivity contribution in [2.24, 2.45) is 0 Å². The molecule has 0 unspecified atom stereocenters. The lowest BCUT2D eigenvalue weighted by molar-refractivity contribution is 0.529. The van der Waals surface area contributed by atoms with Crippen LogP contribution in [0.25, 0.3) is 0 Å². The number of pyridine rings is 1. The molecule has 4 rings (SSSR count). The molecule has 1 N–H and O–H groups in total. The summed E-state index contributed by atoms with van der Waals surface area (Å²) in [6.07, 6.45) is 3.96. The molecule has 132 valence electrons. The molecule has 1 saturated heterocycles. The molecule has 2 atom stereocenters. The lowest BCUT2D eigenvalue weighted by Gasteiger charge is -2.28. The van der Waals surface area contributed by atoms with Crippen LogP contribution in [0.5, 0.6) is 0 Å². The van der Waals surface area contributed by atoms with Crippen LogP contribution < -0.4 is 10.2 Å².